The number of imide groups is 1. The van der Waals surface area contributed by atoms with Crippen LogP contribution in [-0.4, -0.2) is 60.1 Å². The lowest BCUT2D eigenvalue weighted by Gasteiger charge is -2.28. The predicted molar refractivity (Wildman–Crippen MR) is 100 cm³/mol. The number of aliphatic imine (C=N–C) groups is 1. The summed E-state index contributed by atoms with van der Waals surface area (Å²) in [5.74, 6) is -1.22. The fourth-order valence-corrected chi connectivity index (χ4v) is 3.11. The van der Waals surface area contributed by atoms with E-state index in [1.54, 1.807) is 37.4 Å². The maximum Gasteiger partial charge on any atom is 0.446 e. The van der Waals surface area contributed by atoms with Gasteiger partial charge in [0.15, 0.2) is 12.5 Å². The number of nitrogens with zero attached hydrogens (tertiary/aromatic N) is 3. The number of allylic oxidation sites excluding steroid dienone is 1. The third kappa shape index (κ3) is 3.48. The Hall–Kier alpha value is -3.00. The van der Waals surface area contributed by atoms with E-state index >= 15 is 0 Å². The second-order valence-electron chi connectivity index (χ2n) is 6.12. The number of amidine groups is 1. The molecule has 1 N–H and O–H groups in total. The molecule has 1 aromatic carbocycles. The van der Waals surface area contributed by atoms with Gasteiger partial charge in [-0.25, -0.2) is 4.79 Å². The molecule has 9 heteroatoms. The number of anilines is 1. The number of amides is 4. The first-order chi connectivity index (χ1) is 12.8. The molecule has 1 atom stereocenters. The molecule has 4 amide bonds. The second kappa shape index (κ2) is 7.32. The Bertz CT molecular complexity index is 918. The van der Waals surface area contributed by atoms with Crippen LogP contribution in [0.2, 0.25) is 5.02 Å². The van der Waals surface area contributed by atoms with Crippen molar-refractivity contribution in [2.75, 3.05) is 26.0 Å². The van der Waals surface area contributed by atoms with Crippen molar-refractivity contribution in [1.82, 2.24) is 4.90 Å². The number of carbonyl (C=O) groups excluding carboxylic acids is 3. The van der Waals surface area contributed by atoms with E-state index in [1.165, 1.54) is 18.7 Å². The minimum absolute atomic E-state index is 0.279. The molecule has 3 rings (SSSR count). The van der Waals surface area contributed by atoms with Gasteiger partial charge in [-0.15, -0.1) is 4.99 Å². The Kier molecular flexibility index (Phi) is 5.09. The van der Waals surface area contributed by atoms with Crippen LogP contribution in [-0.2, 0) is 14.3 Å². The molecule has 0 spiro atoms. The number of hydrogen-bond donors (Lipinski definition) is 1. The van der Waals surface area contributed by atoms with Crippen LogP contribution < -0.4 is 5.32 Å². The summed E-state index contributed by atoms with van der Waals surface area (Å²) in [4.78, 5) is 43.0. The van der Waals surface area contributed by atoms with Gasteiger partial charge in [-0.05, 0) is 31.2 Å². The van der Waals surface area contributed by atoms with Gasteiger partial charge in [-0.1, -0.05) is 11.6 Å². The minimum Gasteiger partial charge on any atom is -0.499 e. The Morgan fingerprint density at radius 1 is 1.33 bits per heavy atom. The van der Waals surface area contributed by atoms with Gasteiger partial charge in [0.2, 0.25) is 0 Å². The summed E-state index contributed by atoms with van der Waals surface area (Å²) in [6.45, 7) is 1.34. The molecule has 0 aromatic heterocycles. The lowest BCUT2D eigenvalue weighted by Crippen LogP contribution is -2.56. The van der Waals surface area contributed by atoms with Gasteiger partial charge in [-0.3, -0.25) is 9.59 Å². The first-order valence-electron chi connectivity index (χ1n) is 8.13. The lowest BCUT2D eigenvalue weighted by atomic mass is 9.96. The van der Waals surface area contributed by atoms with E-state index in [1.807, 2.05) is 0 Å². The maximum atomic E-state index is 12.9. The Balaban J connectivity index is 1.84. The molecule has 2 heterocycles. The average Bonchev–Trinajstić information content (AvgIpc) is 2.65. The molecule has 8 nitrogen and oxygen atoms in total. The minimum atomic E-state index is -0.856. The van der Waals surface area contributed by atoms with Crippen molar-refractivity contribution < 1.29 is 23.7 Å². The van der Waals surface area contributed by atoms with E-state index < -0.39 is 30.3 Å². The van der Waals surface area contributed by atoms with Crippen LogP contribution in [0.1, 0.15) is 6.92 Å². The number of halogens is 1. The number of ether oxygens (including phenoxy) is 1. The highest BCUT2D eigenvalue weighted by atomic mass is 35.5. The Morgan fingerprint density at radius 2 is 2.00 bits per heavy atom. The number of carbonyl (C=O) groups is 3. The van der Waals surface area contributed by atoms with Gasteiger partial charge in [0, 0.05) is 16.3 Å². The number of urea groups is 1. The largest absolute Gasteiger partial charge is 0.499 e. The summed E-state index contributed by atoms with van der Waals surface area (Å²) < 4.78 is 6.61. The summed E-state index contributed by atoms with van der Waals surface area (Å²) in [7, 11) is 2.96. The third-order valence-electron chi connectivity index (χ3n) is 4.32. The molecule has 0 aliphatic carbocycles. The van der Waals surface area contributed by atoms with E-state index in [2.05, 4.69) is 10.3 Å². The van der Waals surface area contributed by atoms with Crippen LogP contribution in [0.15, 0.2) is 40.6 Å². The van der Waals surface area contributed by atoms with Gasteiger partial charge in [-0.2, -0.15) is 9.48 Å². The third-order valence-corrected chi connectivity index (χ3v) is 4.58. The van der Waals surface area contributed by atoms with Crippen molar-refractivity contribution in [2.24, 2.45) is 10.9 Å². The van der Waals surface area contributed by atoms with Crippen LogP contribution in [0.4, 0.5) is 10.5 Å². The topological polar surface area (TPSA) is 91.1 Å². The molecule has 2 aliphatic heterocycles. The second-order valence-corrected chi connectivity index (χ2v) is 6.56. The van der Waals surface area contributed by atoms with Crippen LogP contribution in [0.25, 0.3) is 0 Å². The standard InChI is InChI=1S/C18H17ClN4O4/c1-10-8-20-16-14(15(10)27-3)17(25)23(18(26)22(16)2)9-13(24)21-12-6-4-11(19)5-7-12/h4-8,14H,9H2,1-3H3/p+1. The number of rotatable bonds is 4. The van der Waals surface area contributed by atoms with Crippen LogP contribution in [0.3, 0.4) is 0 Å². The molecule has 0 bridgehead atoms. The summed E-state index contributed by atoms with van der Waals surface area (Å²) in [6, 6.07) is 5.89. The van der Waals surface area contributed by atoms with Crippen molar-refractivity contribution in [3.63, 3.8) is 0 Å². The van der Waals surface area contributed by atoms with E-state index in [0.717, 1.165) is 4.90 Å². The average molecular weight is 390 g/mol. The number of fused-ring (bicyclic) bond motifs is 1. The smallest absolute Gasteiger partial charge is 0.446 e. The molecule has 2 aliphatic rings. The van der Waals surface area contributed by atoms with Gasteiger partial charge >= 0.3 is 11.9 Å². The van der Waals surface area contributed by atoms with Gasteiger partial charge in [0.25, 0.3) is 11.7 Å². The van der Waals surface area contributed by atoms with Crippen LogP contribution >= 0.6 is 11.6 Å². The zero-order valence-electron chi connectivity index (χ0n) is 15.0. The quantitative estimate of drug-likeness (QED) is 0.796. The molecule has 27 heavy (non-hydrogen) atoms. The van der Waals surface area contributed by atoms with Crippen LogP contribution in [0.5, 0.6) is 0 Å². The van der Waals surface area contributed by atoms with Crippen molar-refractivity contribution in [3.05, 3.63) is 40.6 Å². The van der Waals surface area contributed by atoms with Crippen molar-refractivity contribution >= 4 is 47.2 Å². The molecule has 0 saturated heterocycles. The highest BCUT2D eigenvalue weighted by molar-refractivity contribution is 6.30. The molecule has 0 saturated carbocycles. The van der Waals surface area contributed by atoms with Gasteiger partial charge < -0.3 is 10.1 Å². The SMILES string of the molecule is COC1=C(C)C=NC2=[N+](C)C(=O)N(CC(=O)Nc3ccc(Cl)cc3)C(=O)C12. The number of methoxy groups -OCH3 is 1. The molecule has 0 fully saturated rings. The molecular formula is C18H18ClN4O4+. The van der Waals surface area contributed by atoms with Crippen LogP contribution in [0, 0.1) is 5.92 Å². The fourth-order valence-electron chi connectivity index (χ4n) is 2.98. The number of benzene rings is 1. The molecule has 140 valence electrons. The Morgan fingerprint density at radius 3 is 2.63 bits per heavy atom. The van der Waals surface area contributed by atoms with E-state index in [-0.39, 0.29) is 5.84 Å². The fraction of sp³-hybridized carbons (Fsp3) is 0.278. The number of nitrogens with one attached hydrogen (secondary N) is 1. The molecule has 1 aromatic rings. The summed E-state index contributed by atoms with van der Waals surface area (Å²) in [6.07, 6.45) is 1.55. The van der Waals surface area contributed by atoms with E-state index in [9.17, 15) is 14.4 Å². The zero-order valence-corrected chi connectivity index (χ0v) is 15.8. The number of dihydropyridines is 1. The first-order valence-corrected chi connectivity index (χ1v) is 8.51. The zero-order chi connectivity index (χ0) is 19.7. The molecule has 1 unspecified atom stereocenters. The summed E-state index contributed by atoms with van der Waals surface area (Å²) >= 11 is 5.82. The number of hydrogen-bond acceptors (Lipinski definition) is 5. The van der Waals surface area contributed by atoms with E-state index in [0.29, 0.717) is 22.0 Å². The van der Waals surface area contributed by atoms with Crippen molar-refractivity contribution in [1.29, 1.82) is 0 Å². The maximum absolute atomic E-state index is 12.9. The predicted octanol–water partition coefficient (Wildman–Crippen LogP) is 1.90. The Labute approximate surface area is 160 Å². The molecular weight excluding hydrogens is 372 g/mol. The summed E-state index contributed by atoms with van der Waals surface area (Å²) in [5, 5.41) is 3.17. The highest BCUT2D eigenvalue weighted by Crippen LogP contribution is 2.27. The summed E-state index contributed by atoms with van der Waals surface area (Å²) in [5.41, 5.74) is 1.20. The van der Waals surface area contributed by atoms with Crippen molar-refractivity contribution in [2.45, 2.75) is 6.92 Å². The van der Waals surface area contributed by atoms with Gasteiger partial charge in [0.05, 0.1) is 14.2 Å². The highest BCUT2D eigenvalue weighted by Gasteiger charge is 2.50. The van der Waals surface area contributed by atoms with Gasteiger partial charge in [0.1, 0.15) is 12.0 Å². The normalized spacial score (nSPS) is 19.4. The first kappa shape index (κ1) is 18.8. The molecule has 0 radical (unpaired) electrons. The monoisotopic (exact) mass is 389 g/mol. The van der Waals surface area contributed by atoms with E-state index in [4.69, 9.17) is 16.3 Å². The van der Waals surface area contributed by atoms with Crippen molar-refractivity contribution in [3.8, 4) is 0 Å². The lowest BCUT2D eigenvalue weighted by molar-refractivity contribution is -0.408.